The Bertz CT molecular complexity index is 612. The van der Waals surface area contributed by atoms with E-state index in [1.54, 1.807) is 26.8 Å². The van der Waals surface area contributed by atoms with Crippen LogP contribution in [0.15, 0.2) is 12.1 Å². The van der Waals surface area contributed by atoms with Gasteiger partial charge in [-0.25, -0.2) is 13.6 Å². The highest BCUT2D eigenvalue weighted by Gasteiger charge is 2.27. The van der Waals surface area contributed by atoms with Crippen molar-refractivity contribution in [1.29, 1.82) is 0 Å². The highest BCUT2D eigenvalue weighted by atomic mass is 32.2. The molecule has 20 heavy (non-hydrogen) atoms. The van der Waals surface area contributed by atoms with Gasteiger partial charge in [-0.1, -0.05) is 13.8 Å². The molecule has 2 N–H and O–H groups in total. The van der Waals surface area contributed by atoms with Crippen LogP contribution in [-0.4, -0.2) is 30.7 Å². The Labute approximate surface area is 117 Å². The lowest BCUT2D eigenvalue weighted by Gasteiger charge is -2.23. The smallest absolute Gasteiger partial charge is 0.406 e. The minimum Gasteiger partial charge on any atom is -0.485 e. The van der Waals surface area contributed by atoms with Crippen LogP contribution < -0.4 is 9.88 Å². The molecule has 0 bridgehead atoms. The first kappa shape index (κ1) is 16.3. The summed E-state index contributed by atoms with van der Waals surface area (Å²) in [6, 6.07) is 3.02. The molecule has 112 valence electrons. The Kier molecular flexibility index (Phi) is 4.66. The van der Waals surface area contributed by atoms with Gasteiger partial charge in [0, 0.05) is 12.3 Å². The number of nitrogens with zero attached hydrogens (tertiary/aromatic N) is 2. The van der Waals surface area contributed by atoms with Crippen LogP contribution in [0.2, 0.25) is 0 Å². The minimum atomic E-state index is -3.65. The van der Waals surface area contributed by atoms with E-state index in [0.29, 0.717) is 5.69 Å². The predicted molar refractivity (Wildman–Crippen MR) is 72.9 cm³/mol. The van der Waals surface area contributed by atoms with Gasteiger partial charge in [-0.3, -0.25) is 0 Å². The zero-order valence-electron chi connectivity index (χ0n) is 11.5. The van der Waals surface area contributed by atoms with E-state index in [-0.39, 0.29) is 18.1 Å². The fraction of sp³-hybridized carbons (Fsp3) is 0.545. The Morgan fingerprint density at radius 3 is 2.55 bits per heavy atom. The van der Waals surface area contributed by atoms with Crippen LogP contribution in [0.1, 0.15) is 19.5 Å². The molecule has 0 aromatic carbocycles. The molecule has 1 heterocycles. The summed E-state index contributed by atoms with van der Waals surface area (Å²) in [5.74, 6) is -0.674. The summed E-state index contributed by atoms with van der Waals surface area (Å²) >= 11 is 0. The summed E-state index contributed by atoms with van der Waals surface area (Å²) in [5.41, 5.74) is -0.278. The summed E-state index contributed by atoms with van der Waals surface area (Å²) < 4.78 is 27.5. The number of aromatic nitrogens is 1. The van der Waals surface area contributed by atoms with Gasteiger partial charge in [0.2, 0.25) is 15.8 Å². The standard InChI is InChI=1S/C11H17N3O5S/c1-8-4-5-9(10(13-8)14(15)16)19-6-11(2,3)7-20(12,17)18/h4-5H,6-7H2,1-3H3,(H2,12,17,18). The zero-order chi connectivity index (χ0) is 15.6. The topological polar surface area (TPSA) is 125 Å². The summed E-state index contributed by atoms with van der Waals surface area (Å²) in [7, 11) is -3.65. The molecule has 0 fully saturated rings. The lowest BCUT2D eigenvalue weighted by Crippen LogP contribution is -2.33. The second kappa shape index (κ2) is 5.71. The van der Waals surface area contributed by atoms with E-state index in [1.807, 2.05) is 0 Å². The third-order valence-corrected chi connectivity index (χ3v) is 3.55. The van der Waals surface area contributed by atoms with E-state index < -0.39 is 26.2 Å². The van der Waals surface area contributed by atoms with Crippen molar-refractivity contribution in [2.45, 2.75) is 20.8 Å². The maximum absolute atomic E-state index is 11.1. The molecule has 0 atom stereocenters. The van der Waals surface area contributed by atoms with Crippen molar-refractivity contribution < 1.29 is 18.1 Å². The first-order valence-corrected chi connectivity index (χ1v) is 7.47. The van der Waals surface area contributed by atoms with Crippen molar-refractivity contribution in [3.8, 4) is 5.75 Å². The molecule has 8 nitrogen and oxygen atoms in total. The Hall–Kier alpha value is -1.74. The first-order chi connectivity index (χ1) is 9.00. The van der Waals surface area contributed by atoms with E-state index in [4.69, 9.17) is 9.88 Å². The van der Waals surface area contributed by atoms with E-state index in [1.165, 1.54) is 6.07 Å². The third kappa shape index (κ3) is 5.10. The Morgan fingerprint density at radius 1 is 1.45 bits per heavy atom. The molecule has 0 spiro atoms. The van der Waals surface area contributed by atoms with Crippen LogP contribution >= 0.6 is 0 Å². The number of hydrogen-bond acceptors (Lipinski definition) is 6. The number of aryl methyl sites for hydroxylation is 1. The molecule has 0 saturated carbocycles. The average molecular weight is 303 g/mol. The molecule has 0 unspecified atom stereocenters. The summed E-state index contributed by atoms with van der Waals surface area (Å²) in [6.45, 7) is 4.88. The third-order valence-electron chi connectivity index (χ3n) is 2.36. The van der Waals surface area contributed by atoms with E-state index in [9.17, 15) is 18.5 Å². The van der Waals surface area contributed by atoms with Crippen LogP contribution in [-0.2, 0) is 10.0 Å². The van der Waals surface area contributed by atoms with Gasteiger partial charge in [-0.05, 0) is 22.0 Å². The Morgan fingerprint density at radius 2 is 2.05 bits per heavy atom. The summed E-state index contributed by atoms with van der Waals surface area (Å²) in [4.78, 5) is 14.0. The fourth-order valence-electron chi connectivity index (χ4n) is 1.63. The van der Waals surface area contributed by atoms with Crippen molar-refractivity contribution in [2.24, 2.45) is 10.6 Å². The van der Waals surface area contributed by atoms with Crippen molar-refractivity contribution in [1.82, 2.24) is 4.98 Å². The van der Waals surface area contributed by atoms with Gasteiger partial charge >= 0.3 is 5.82 Å². The van der Waals surface area contributed by atoms with Crippen molar-refractivity contribution in [3.05, 3.63) is 27.9 Å². The van der Waals surface area contributed by atoms with Crippen molar-refractivity contribution >= 4 is 15.8 Å². The number of primary sulfonamides is 1. The molecule has 0 aliphatic carbocycles. The summed E-state index contributed by atoms with van der Waals surface area (Å²) in [5, 5.41) is 15.9. The van der Waals surface area contributed by atoms with E-state index in [2.05, 4.69) is 4.98 Å². The van der Waals surface area contributed by atoms with E-state index >= 15 is 0 Å². The predicted octanol–water partition coefficient (Wildman–Crippen LogP) is 0.992. The van der Waals surface area contributed by atoms with E-state index in [0.717, 1.165) is 0 Å². The van der Waals surface area contributed by atoms with Gasteiger partial charge < -0.3 is 14.9 Å². The first-order valence-electron chi connectivity index (χ1n) is 5.75. The lowest BCUT2D eigenvalue weighted by molar-refractivity contribution is -0.390. The number of hydrogen-bond donors (Lipinski definition) is 1. The van der Waals surface area contributed by atoms with Gasteiger partial charge in [-0.15, -0.1) is 0 Å². The van der Waals surface area contributed by atoms with Crippen LogP contribution in [0, 0.1) is 22.5 Å². The molecule has 0 saturated heterocycles. The van der Waals surface area contributed by atoms with Crippen LogP contribution in [0.25, 0.3) is 0 Å². The van der Waals surface area contributed by atoms with Gasteiger partial charge in [0.15, 0.2) is 0 Å². The molecule has 0 aliphatic rings. The quantitative estimate of drug-likeness (QED) is 0.617. The molecule has 1 rings (SSSR count). The van der Waals surface area contributed by atoms with Gasteiger partial charge in [0.1, 0.15) is 5.69 Å². The highest BCUT2D eigenvalue weighted by molar-refractivity contribution is 7.89. The molecular formula is C11H17N3O5S. The second-order valence-electron chi connectivity index (χ2n) is 5.29. The fourth-order valence-corrected chi connectivity index (χ4v) is 2.81. The van der Waals surface area contributed by atoms with Gasteiger partial charge in [0.25, 0.3) is 0 Å². The molecule has 0 radical (unpaired) electrons. The molecule has 0 amide bonds. The largest absolute Gasteiger partial charge is 0.485 e. The molecule has 9 heteroatoms. The van der Waals surface area contributed by atoms with Crippen LogP contribution in [0.5, 0.6) is 5.75 Å². The summed E-state index contributed by atoms with van der Waals surface area (Å²) in [6.07, 6.45) is 0. The normalized spacial score (nSPS) is 12.2. The maximum Gasteiger partial charge on any atom is 0.406 e. The highest BCUT2D eigenvalue weighted by Crippen LogP contribution is 2.27. The van der Waals surface area contributed by atoms with Crippen LogP contribution in [0.4, 0.5) is 5.82 Å². The number of ether oxygens (including phenoxy) is 1. The molecule has 0 aliphatic heterocycles. The van der Waals surface area contributed by atoms with Crippen LogP contribution in [0.3, 0.4) is 0 Å². The van der Waals surface area contributed by atoms with Crippen molar-refractivity contribution in [3.63, 3.8) is 0 Å². The van der Waals surface area contributed by atoms with Crippen molar-refractivity contribution in [2.75, 3.05) is 12.4 Å². The number of rotatable bonds is 6. The number of pyridine rings is 1. The minimum absolute atomic E-state index is 0.00287. The monoisotopic (exact) mass is 303 g/mol. The molecular weight excluding hydrogens is 286 g/mol. The maximum atomic E-state index is 11.1. The zero-order valence-corrected chi connectivity index (χ0v) is 12.3. The molecule has 1 aromatic heterocycles. The Balaban J connectivity index is 2.87. The lowest BCUT2D eigenvalue weighted by atomic mass is 9.98. The average Bonchev–Trinajstić information content (AvgIpc) is 2.23. The van der Waals surface area contributed by atoms with Gasteiger partial charge in [0.05, 0.1) is 12.4 Å². The van der Waals surface area contributed by atoms with Gasteiger partial charge in [-0.2, -0.15) is 0 Å². The number of sulfonamides is 1. The number of nitro groups is 1. The number of nitrogens with two attached hydrogens (primary N) is 1. The second-order valence-corrected chi connectivity index (χ2v) is 6.91. The molecule has 1 aromatic rings. The SMILES string of the molecule is Cc1ccc(OCC(C)(C)CS(N)(=O)=O)c([N+](=O)[O-])n1.